The molecule has 3 N–H and O–H groups in total. The molecule has 0 aliphatic carbocycles. The number of nitrogens with zero attached hydrogens (tertiary/aromatic N) is 3. The van der Waals surface area contributed by atoms with Gasteiger partial charge in [-0.2, -0.15) is 5.10 Å². The summed E-state index contributed by atoms with van der Waals surface area (Å²) in [5, 5.41) is 13.2. The Hall–Kier alpha value is -2.45. The fourth-order valence-electron chi connectivity index (χ4n) is 3.72. The number of hydrogen-bond acceptors (Lipinski definition) is 7. The van der Waals surface area contributed by atoms with Gasteiger partial charge in [-0.05, 0) is 25.8 Å². The summed E-state index contributed by atoms with van der Waals surface area (Å²) in [5.41, 5.74) is 9.08. The fourth-order valence-corrected chi connectivity index (χ4v) is 3.72. The van der Waals surface area contributed by atoms with Crippen LogP contribution in [-0.2, 0) is 9.47 Å². The second kappa shape index (κ2) is 8.28. The first-order chi connectivity index (χ1) is 13.6. The summed E-state index contributed by atoms with van der Waals surface area (Å²) in [6, 6.07) is 2.09. The smallest absolute Gasteiger partial charge is 0.225 e. The lowest BCUT2D eigenvalue weighted by Crippen LogP contribution is -2.27. The SMILES string of the molecule is Cc1cc(N)c(C(=N)c2cnn(C3CCOCC3)c2)c(OC2CCOCC2)n1. The van der Waals surface area contributed by atoms with E-state index < -0.39 is 0 Å². The van der Waals surface area contributed by atoms with E-state index >= 15 is 0 Å². The molecule has 0 bridgehead atoms. The lowest BCUT2D eigenvalue weighted by Gasteiger charge is -2.24. The van der Waals surface area contributed by atoms with Crippen LogP contribution in [0.2, 0.25) is 0 Å². The molecule has 0 amide bonds. The van der Waals surface area contributed by atoms with Crippen LogP contribution < -0.4 is 10.5 Å². The Kier molecular flexibility index (Phi) is 5.59. The van der Waals surface area contributed by atoms with Crippen molar-refractivity contribution in [3.05, 3.63) is 35.3 Å². The molecule has 0 radical (unpaired) electrons. The maximum Gasteiger partial charge on any atom is 0.225 e. The fraction of sp³-hybridized carbons (Fsp3) is 0.550. The van der Waals surface area contributed by atoms with Crippen molar-refractivity contribution in [3.8, 4) is 5.88 Å². The van der Waals surface area contributed by atoms with Crippen LogP contribution in [0.3, 0.4) is 0 Å². The van der Waals surface area contributed by atoms with E-state index in [1.165, 1.54) is 0 Å². The number of pyridine rings is 1. The molecule has 28 heavy (non-hydrogen) atoms. The van der Waals surface area contributed by atoms with Crippen LogP contribution in [-0.4, -0.2) is 53.0 Å². The predicted molar refractivity (Wildman–Crippen MR) is 105 cm³/mol. The molecule has 0 unspecified atom stereocenters. The second-order valence-electron chi connectivity index (χ2n) is 7.39. The van der Waals surface area contributed by atoms with Gasteiger partial charge in [-0.15, -0.1) is 0 Å². The number of ether oxygens (including phenoxy) is 3. The number of nitrogen functional groups attached to an aromatic ring is 1. The van der Waals surface area contributed by atoms with Gasteiger partial charge < -0.3 is 19.9 Å². The monoisotopic (exact) mass is 385 g/mol. The summed E-state index contributed by atoms with van der Waals surface area (Å²) in [4.78, 5) is 4.54. The topological polar surface area (TPSA) is 108 Å². The number of aryl methyl sites for hydroxylation is 1. The maximum absolute atomic E-state index is 8.76. The molecule has 2 aliphatic rings. The standard InChI is InChI=1S/C20H27N5O3/c1-13-10-17(21)18(20(24-13)28-16-4-8-27-9-5-16)19(22)14-11-23-25(12-14)15-2-6-26-7-3-15/h10-12,15-16,22H,2-9H2,1H3,(H2,21,24). The molecule has 150 valence electrons. The number of nitrogens with two attached hydrogens (primary N) is 1. The molecule has 8 nitrogen and oxygen atoms in total. The van der Waals surface area contributed by atoms with Crippen LogP contribution in [0, 0.1) is 12.3 Å². The van der Waals surface area contributed by atoms with Gasteiger partial charge in [0.25, 0.3) is 0 Å². The first-order valence-corrected chi connectivity index (χ1v) is 9.84. The van der Waals surface area contributed by atoms with Crippen LogP contribution in [0.1, 0.15) is 48.5 Å². The molecule has 2 saturated heterocycles. The Morgan fingerprint density at radius 3 is 2.57 bits per heavy atom. The van der Waals surface area contributed by atoms with E-state index in [1.807, 2.05) is 17.8 Å². The van der Waals surface area contributed by atoms with Crippen molar-refractivity contribution >= 4 is 11.4 Å². The zero-order chi connectivity index (χ0) is 19.5. The van der Waals surface area contributed by atoms with Crippen molar-refractivity contribution < 1.29 is 14.2 Å². The Balaban J connectivity index is 1.60. The average molecular weight is 385 g/mol. The molecule has 8 heteroatoms. The summed E-state index contributed by atoms with van der Waals surface area (Å²) in [6.07, 6.45) is 7.14. The third kappa shape index (κ3) is 4.02. The molecule has 4 heterocycles. The summed E-state index contributed by atoms with van der Waals surface area (Å²) in [6.45, 7) is 4.72. The molecule has 2 fully saturated rings. The van der Waals surface area contributed by atoms with Crippen molar-refractivity contribution in [1.82, 2.24) is 14.8 Å². The minimum Gasteiger partial charge on any atom is -0.474 e. The average Bonchev–Trinajstić information content (AvgIpc) is 3.19. The van der Waals surface area contributed by atoms with Gasteiger partial charge in [0, 0.05) is 49.2 Å². The Labute approximate surface area is 164 Å². The van der Waals surface area contributed by atoms with Gasteiger partial charge in [-0.25, -0.2) is 4.98 Å². The van der Waals surface area contributed by atoms with Crippen molar-refractivity contribution in [2.45, 2.75) is 44.8 Å². The zero-order valence-electron chi connectivity index (χ0n) is 16.2. The summed E-state index contributed by atoms with van der Waals surface area (Å²) < 4.78 is 18.9. The van der Waals surface area contributed by atoms with Crippen LogP contribution in [0.5, 0.6) is 5.88 Å². The van der Waals surface area contributed by atoms with Crippen LogP contribution in [0.25, 0.3) is 0 Å². The molecule has 0 atom stereocenters. The number of rotatable bonds is 5. The summed E-state index contributed by atoms with van der Waals surface area (Å²) in [7, 11) is 0. The van der Waals surface area contributed by atoms with E-state index in [-0.39, 0.29) is 11.8 Å². The number of aromatic nitrogens is 3. The summed E-state index contributed by atoms with van der Waals surface area (Å²) >= 11 is 0. The highest BCUT2D eigenvalue weighted by molar-refractivity contribution is 6.15. The van der Waals surface area contributed by atoms with Crippen molar-refractivity contribution in [2.24, 2.45) is 0 Å². The molecule has 2 aromatic rings. The third-order valence-electron chi connectivity index (χ3n) is 5.30. The van der Waals surface area contributed by atoms with E-state index in [4.69, 9.17) is 25.4 Å². The van der Waals surface area contributed by atoms with Crippen molar-refractivity contribution in [3.63, 3.8) is 0 Å². The Morgan fingerprint density at radius 1 is 1.18 bits per heavy atom. The normalized spacial score (nSPS) is 18.9. The number of nitrogens with one attached hydrogen (secondary N) is 1. The van der Waals surface area contributed by atoms with Gasteiger partial charge in [-0.1, -0.05) is 0 Å². The largest absolute Gasteiger partial charge is 0.474 e. The van der Waals surface area contributed by atoms with Crippen molar-refractivity contribution in [2.75, 3.05) is 32.2 Å². The quantitative estimate of drug-likeness (QED) is 0.766. The zero-order valence-corrected chi connectivity index (χ0v) is 16.2. The molecule has 0 aromatic carbocycles. The van der Waals surface area contributed by atoms with E-state index in [9.17, 15) is 0 Å². The van der Waals surface area contributed by atoms with Gasteiger partial charge in [0.15, 0.2) is 0 Å². The first kappa shape index (κ1) is 18.9. The highest BCUT2D eigenvalue weighted by atomic mass is 16.5. The van der Waals surface area contributed by atoms with E-state index in [2.05, 4.69) is 10.1 Å². The number of anilines is 1. The van der Waals surface area contributed by atoms with Gasteiger partial charge in [0.2, 0.25) is 5.88 Å². The highest BCUT2D eigenvalue weighted by Gasteiger charge is 2.24. The lowest BCUT2D eigenvalue weighted by molar-refractivity contribution is 0.0236. The molecule has 4 rings (SSSR count). The van der Waals surface area contributed by atoms with Crippen LogP contribution in [0.15, 0.2) is 18.5 Å². The van der Waals surface area contributed by atoms with E-state index in [0.717, 1.165) is 44.6 Å². The Bertz CT molecular complexity index is 838. The van der Waals surface area contributed by atoms with E-state index in [1.54, 1.807) is 12.3 Å². The molecule has 0 spiro atoms. The second-order valence-corrected chi connectivity index (χ2v) is 7.39. The van der Waals surface area contributed by atoms with Gasteiger partial charge >= 0.3 is 0 Å². The predicted octanol–water partition coefficient (Wildman–Crippen LogP) is 2.49. The molecular weight excluding hydrogens is 358 g/mol. The summed E-state index contributed by atoms with van der Waals surface area (Å²) in [5.74, 6) is 0.424. The molecule has 2 aromatic heterocycles. The molecular formula is C20H27N5O3. The lowest BCUT2D eigenvalue weighted by atomic mass is 10.0. The molecule has 0 saturated carbocycles. The maximum atomic E-state index is 8.76. The minimum absolute atomic E-state index is 0.0268. The third-order valence-corrected chi connectivity index (χ3v) is 5.30. The van der Waals surface area contributed by atoms with Gasteiger partial charge in [0.1, 0.15) is 6.10 Å². The Morgan fingerprint density at radius 2 is 1.86 bits per heavy atom. The van der Waals surface area contributed by atoms with Crippen LogP contribution in [0.4, 0.5) is 5.69 Å². The first-order valence-electron chi connectivity index (χ1n) is 9.84. The number of hydrogen-bond donors (Lipinski definition) is 2. The van der Waals surface area contributed by atoms with Crippen LogP contribution >= 0.6 is 0 Å². The minimum atomic E-state index is 0.0268. The van der Waals surface area contributed by atoms with E-state index in [0.29, 0.717) is 41.9 Å². The van der Waals surface area contributed by atoms with Gasteiger partial charge in [-0.3, -0.25) is 10.1 Å². The van der Waals surface area contributed by atoms with Gasteiger partial charge in [0.05, 0.1) is 36.7 Å². The highest BCUT2D eigenvalue weighted by Crippen LogP contribution is 2.29. The molecule has 2 aliphatic heterocycles. The van der Waals surface area contributed by atoms with Crippen molar-refractivity contribution in [1.29, 1.82) is 5.41 Å².